The monoisotopic (exact) mass is 148 g/mol. The van der Waals surface area contributed by atoms with Crippen LogP contribution in [0.2, 0.25) is 0 Å². The standard InChI is InChI=1S/C9H12N2/c1-2-7-3-4-9(11)8(5-7)6-10/h3-6,11H,2,10H2,1H3/b8-6-,11-9?. The molecule has 0 aromatic carbocycles. The van der Waals surface area contributed by atoms with Crippen LogP contribution in [0.1, 0.15) is 13.3 Å². The summed E-state index contributed by atoms with van der Waals surface area (Å²) < 4.78 is 0. The largest absolute Gasteiger partial charge is 0.404 e. The highest BCUT2D eigenvalue weighted by molar-refractivity contribution is 6.09. The van der Waals surface area contributed by atoms with Gasteiger partial charge in [0.2, 0.25) is 0 Å². The smallest absolute Gasteiger partial charge is 0.0626 e. The summed E-state index contributed by atoms with van der Waals surface area (Å²) in [6.45, 7) is 2.08. The number of rotatable bonds is 1. The minimum Gasteiger partial charge on any atom is -0.404 e. The van der Waals surface area contributed by atoms with Crippen molar-refractivity contribution in [1.29, 1.82) is 5.41 Å². The van der Waals surface area contributed by atoms with Gasteiger partial charge in [0.15, 0.2) is 0 Å². The Morgan fingerprint density at radius 3 is 2.82 bits per heavy atom. The average Bonchev–Trinajstić information content (AvgIpc) is 2.05. The molecule has 2 nitrogen and oxygen atoms in total. The van der Waals surface area contributed by atoms with E-state index >= 15 is 0 Å². The fourth-order valence-corrected chi connectivity index (χ4v) is 0.970. The van der Waals surface area contributed by atoms with Gasteiger partial charge in [-0.25, -0.2) is 0 Å². The summed E-state index contributed by atoms with van der Waals surface area (Å²) in [5.74, 6) is 0. The van der Waals surface area contributed by atoms with Crippen molar-refractivity contribution in [2.75, 3.05) is 0 Å². The molecule has 11 heavy (non-hydrogen) atoms. The SMILES string of the molecule is CCC1=C/C(=C/N)C(=N)C=C1. The van der Waals surface area contributed by atoms with Crippen molar-refractivity contribution >= 4 is 5.71 Å². The highest BCUT2D eigenvalue weighted by Crippen LogP contribution is 2.14. The lowest BCUT2D eigenvalue weighted by Gasteiger charge is -2.07. The van der Waals surface area contributed by atoms with Crippen LogP contribution in [0.3, 0.4) is 0 Å². The fraction of sp³-hybridized carbons (Fsp3) is 0.222. The molecular formula is C9H12N2. The molecule has 0 unspecified atom stereocenters. The van der Waals surface area contributed by atoms with E-state index in [2.05, 4.69) is 6.92 Å². The van der Waals surface area contributed by atoms with E-state index in [1.165, 1.54) is 11.8 Å². The maximum absolute atomic E-state index is 7.43. The van der Waals surface area contributed by atoms with E-state index in [1.807, 2.05) is 12.2 Å². The highest BCUT2D eigenvalue weighted by Gasteiger charge is 2.03. The first-order valence-corrected chi connectivity index (χ1v) is 3.67. The molecule has 0 aliphatic heterocycles. The lowest BCUT2D eigenvalue weighted by molar-refractivity contribution is 1.14. The third kappa shape index (κ3) is 1.58. The molecule has 0 fully saturated rings. The molecule has 0 saturated carbocycles. The molecule has 1 rings (SSSR count). The molecule has 0 spiro atoms. The second-order valence-corrected chi connectivity index (χ2v) is 2.44. The van der Waals surface area contributed by atoms with Crippen molar-refractivity contribution in [1.82, 2.24) is 0 Å². The molecule has 0 aromatic heterocycles. The molecule has 0 amide bonds. The first kappa shape index (κ1) is 7.79. The number of nitrogens with one attached hydrogen (secondary N) is 1. The second-order valence-electron chi connectivity index (χ2n) is 2.44. The van der Waals surface area contributed by atoms with Crippen molar-refractivity contribution in [3.05, 3.63) is 35.6 Å². The zero-order chi connectivity index (χ0) is 8.27. The molecule has 3 N–H and O–H groups in total. The Morgan fingerprint density at radius 1 is 1.55 bits per heavy atom. The van der Waals surface area contributed by atoms with Crippen molar-refractivity contribution < 1.29 is 0 Å². The van der Waals surface area contributed by atoms with Gasteiger partial charge in [0.25, 0.3) is 0 Å². The minimum atomic E-state index is 0.490. The summed E-state index contributed by atoms with van der Waals surface area (Å²) >= 11 is 0. The Bertz CT molecular complexity index is 257. The second kappa shape index (κ2) is 3.19. The van der Waals surface area contributed by atoms with Gasteiger partial charge in [0.05, 0.1) is 5.71 Å². The molecular weight excluding hydrogens is 136 g/mol. The summed E-state index contributed by atoms with van der Waals surface area (Å²) in [4.78, 5) is 0. The normalized spacial score (nSPS) is 20.6. The lowest BCUT2D eigenvalue weighted by atomic mass is 10.00. The van der Waals surface area contributed by atoms with E-state index in [1.54, 1.807) is 6.08 Å². The highest BCUT2D eigenvalue weighted by atomic mass is 14.5. The minimum absolute atomic E-state index is 0.490. The van der Waals surface area contributed by atoms with Crippen molar-refractivity contribution in [3.63, 3.8) is 0 Å². The summed E-state index contributed by atoms with van der Waals surface area (Å²) in [7, 11) is 0. The van der Waals surface area contributed by atoms with Gasteiger partial charge in [-0.1, -0.05) is 13.0 Å². The number of allylic oxidation sites excluding steroid dienone is 5. The molecule has 1 aliphatic rings. The molecule has 0 atom stereocenters. The zero-order valence-electron chi connectivity index (χ0n) is 6.59. The molecule has 0 radical (unpaired) electrons. The Labute approximate surface area is 66.6 Å². The van der Waals surface area contributed by atoms with Crippen LogP contribution in [0.25, 0.3) is 0 Å². The maximum atomic E-state index is 7.43. The Balaban J connectivity index is 2.93. The third-order valence-electron chi connectivity index (χ3n) is 1.70. The summed E-state index contributed by atoms with van der Waals surface area (Å²) in [6, 6.07) is 0. The molecule has 1 aliphatic carbocycles. The number of hydrogen-bond donors (Lipinski definition) is 2. The first-order valence-electron chi connectivity index (χ1n) is 3.67. The molecule has 0 bridgehead atoms. The van der Waals surface area contributed by atoms with Crippen LogP contribution in [0.5, 0.6) is 0 Å². The van der Waals surface area contributed by atoms with Crippen LogP contribution in [-0.4, -0.2) is 5.71 Å². The van der Waals surface area contributed by atoms with Crippen LogP contribution in [-0.2, 0) is 0 Å². The van der Waals surface area contributed by atoms with E-state index < -0.39 is 0 Å². The number of hydrogen-bond acceptors (Lipinski definition) is 2. The summed E-state index contributed by atoms with van der Waals surface area (Å²) in [5, 5.41) is 7.43. The van der Waals surface area contributed by atoms with Gasteiger partial charge in [-0.2, -0.15) is 0 Å². The van der Waals surface area contributed by atoms with Gasteiger partial charge in [0, 0.05) is 11.8 Å². The predicted molar refractivity (Wildman–Crippen MR) is 47.5 cm³/mol. The van der Waals surface area contributed by atoms with Crippen molar-refractivity contribution in [2.24, 2.45) is 5.73 Å². The van der Waals surface area contributed by atoms with Crippen LogP contribution in [0.15, 0.2) is 35.6 Å². The maximum Gasteiger partial charge on any atom is 0.0626 e. The van der Waals surface area contributed by atoms with Gasteiger partial charge >= 0.3 is 0 Å². The predicted octanol–water partition coefficient (Wildman–Crippen LogP) is 1.75. The van der Waals surface area contributed by atoms with Crippen LogP contribution < -0.4 is 5.73 Å². The Hall–Kier alpha value is -1.31. The van der Waals surface area contributed by atoms with Gasteiger partial charge in [-0.05, 0) is 24.1 Å². The summed E-state index contributed by atoms with van der Waals surface area (Å²) in [5.41, 5.74) is 7.85. The van der Waals surface area contributed by atoms with Crippen LogP contribution in [0.4, 0.5) is 0 Å². The molecule has 58 valence electrons. The molecule has 0 heterocycles. The van der Waals surface area contributed by atoms with Gasteiger partial charge in [0.1, 0.15) is 0 Å². The zero-order valence-corrected chi connectivity index (χ0v) is 6.59. The van der Waals surface area contributed by atoms with Gasteiger partial charge < -0.3 is 11.1 Å². The van der Waals surface area contributed by atoms with Gasteiger partial charge in [-0.15, -0.1) is 0 Å². The topological polar surface area (TPSA) is 49.9 Å². The Morgan fingerprint density at radius 2 is 2.27 bits per heavy atom. The fourth-order valence-electron chi connectivity index (χ4n) is 0.970. The van der Waals surface area contributed by atoms with E-state index in [-0.39, 0.29) is 0 Å². The van der Waals surface area contributed by atoms with E-state index in [0.717, 1.165) is 12.0 Å². The molecule has 0 aromatic rings. The lowest BCUT2D eigenvalue weighted by Crippen LogP contribution is -2.02. The molecule has 2 heteroatoms. The van der Waals surface area contributed by atoms with Gasteiger partial charge in [-0.3, -0.25) is 0 Å². The summed E-state index contributed by atoms with van der Waals surface area (Å²) in [6.07, 6.45) is 8.14. The van der Waals surface area contributed by atoms with Crippen LogP contribution >= 0.6 is 0 Å². The first-order chi connectivity index (χ1) is 5.27. The van der Waals surface area contributed by atoms with Crippen molar-refractivity contribution in [2.45, 2.75) is 13.3 Å². The van der Waals surface area contributed by atoms with Crippen molar-refractivity contribution in [3.8, 4) is 0 Å². The Kier molecular flexibility index (Phi) is 2.26. The third-order valence-corrected chi connectivity index (χ3v) is 1.70. The number of nitrogens with two attached hydrogens (primary N) is 1. The van der Waals surface area contributed by atoms with E-state index in [4.69, 9.17) is 11.1 Å². The van der Waals surface area contributed by atoms with E-state index in [9.17, 15) is 0 Å². The van der Waals surface area contributed by atoms with Crippen LogP contribution in [0, 0.1) is 5.41 Å². The average molecular weight is 148 g/mol. The van der Waals surface area contributed by atoms with E-state index in [0.29, 0.717) is 5.71 Å². The quantitative estimate of drug-likeness (QED) is 0.584. The molecule has 0 saturated heterocycles.